The molecule has 1 spiro atoms. The maximum atomic E-state index is 13.6. The van der Waals surface area contributed by atoms with Crippen molar-refractivity contribution in [1.82, 2.24) is 20.4 Å². The van der Waals surface area contributed by atoms with Crippen molar-refractivity contribution in [2.24, 2.45) is 10.4 Å². The molecule has 2 atom stereocenters. The van der Waals surface area contributed by atoms with Crippen LogP contribution in [0.4, 0.5) is 4.39 Å². The molecular formula is C20H31FIN5O. The Labute approximate surface area is 184 Å². The first-order valence-corrected chi connectivity index (χ1v) is 9.57. The number of halogens is 2. The van der Waals surface area contributed by atoms with Crippen LogP contribution in [0.3, 0.4) is 0 Å². The molecule has 2 unspecified atom stereocenters. The highest BCUT2D eigenvalue weighted by Crippen LogP contribution is 2.36. The minimum atomic E-state index is -0.222. The van der Waals surface area contributed by atoms with Crippen LogP contribution in [0.15, 0.2) is 29.3 Å². The molecule has 6 nitrogen and oxygen atoms in total. The number of piperidine rings is 1. The van der Waals surface area contributed by atoms with Crippen molar-refractivity contribution in [2.75, 3.05) is 47.3 Å². The van der Waals surface area contributed by atoms with Gasteiger partial charge >= 0.3 is 0 Å². The Morgan fingerprint density at radius 2 is 2.25 bits per heavy atom. The van der Waals surface area contributed by atoms with E-state index in [1.807, 2.05) is 20.2 Å². The number of nitrogens with zero attached hydrogens (tertiary/aromatic N) is 3. The molecule has 0 saturated carbocycles. The summed E-state index contributed by atoms with van der Waals surface area (Å²) in [6.45, 7) is 3.15. The van der Waals surface area contributed by atoms with E-state index in [-0.39, 0.29) is 47.2 Å². The van der Waals surface area contributed by atoms with E-state index < -0.39 is 0 Å². The highest BCUT2D eigenvalue weighted by Gasteiger charge is 2.42. The van der Waals surface area contributed by atoms with Crippen LogP contribution in [0.1, 0.15) is 30.9 Å². The topological polar surface area (TPSA) is 60.0 Å². The lowest BCUT2D eigenvalue weighted by atomic mass is 9.79. The highest BCUT2D eigenvalue weighted by atomic mass is 127. The summed E-state index contributed by atoms with van der Waals surface area (Å²) in [7, 11) is 5.77. The van der Waals surface area contributed by atoms with Crippen LogP contribution < -0.4 is 10.6 Å². The molecule has 8 heteroatoms. The van der Waals surface area contributed by atoms with Crippen LogP contribution in [-0.2, 0) is 4.79 Å². The fourth-order valence-electron chi connectivity index (χ4n) is 4.26. The lowest BCUT2D eigenvalue weighted by molar-refractivity contribution is -0.119. The Hall–Kier alpha value is -1.42. The number of hydrogen-bond donors (Lipinski definition) is 2. The zero-order valence-corrected chi connectivity index (χ0v) is 19.2. The first-order valence-electron chi connectivity index (χ1n) is 9.57. The van der Waals surface area contributed by atoms with Crippen LogP contribution in [0.25, 0.3) is 0 Å². The van der Waals surface area contributed by atoms with Crippen LogP contribution in [0, 0.1) is 11.2 Å². The summed E-state index contributed by atoms with van der Waals surface area (Å²) < 4.78 is 13.6. The fraction of sp³-hybridized carbons (Fsp3) is 0.600. The van der Waals surface area contributed by atoms with Gasteiger partial charge in [0.15, 0.2) is 5.96 Å². The van der Waals surface area contributed by atoms with E-state index in [0.29, 0.717) is 13.0 Å². The van der Waals surface area contributed by atoms with Gasteiger partial charge in [-0.1, -0.05) is 12.1 Å². The number of benzene rings is 1. The van der Waals surface area contributed by atoms with Gasteiger partial charge in [0, 0.05) is 45.1 Å². The van der Waals surface area contributed by atoms with E-state index in [1.165, 1.54) is 6.07 Å². The van der Waals surface area contributed by atoms with Gasteiger partial charge in [0.25, 0.3) is 0 Å². The largest absolute Gasteiger partial charge is 0.355 e. The summed E-state index contributed by atoms with van der Waals surface area (Å²) in [4.78, 5) is 20.5. The van der Waals surface area contributed by atoms with Crippen molar-refractivity contribution in [1.29, 1.82) is 0 Å². The number of carbonyl (C=O) groups is 1. The van der Waals surface area contributed by atoms with Crippen molar-refractivity contribution >= 4 is 35.8 Å². The van der Waals surface area contributed by atoms with Crippen LogP contribution in [-0.4, -0.2) is 69.0 Å². The van der Waals surface area contributed by atoms with Crippen LogP contribution in [0.2, 0.25) is 0 Å². The Balaban J connectivity index is 0.00000280. The van der Waals surface area contributed by atoms with Gasteiger partial charge in [0.05, 0.1) is 6.04 Å². The lowest BCUT2D eigenvalue weighted by Crippen LogP contribution is -2.52. The normalized spacial score (nSPS) is 23.5. The van der Waals surface area contributed by atoms with Gasteiger partial charge in [0.1, 0.15) is 5.82 Å². The smallest absolute Gasteiger partial charge is 0.220 e. The predicted molar refractivity (Wildman–Crippen MR) is 120 cm³/mol. The number of likely N-dealkylation sites (N-methyl/N-ethyl adjacent to an activating group) is 1. The number of amides is 1. The van der Waals surface area contributed by atoms with Crippen molar-refractivity contribution in [3.05, 3.63) is 35.6 Å². The molecule has 2 fully saturated rings. The number of carbonyl (C=O) groups excluding carboxylic acids is 1. The molecule has 2 aliphatic heterocycles. The zero-order chi connectivity index (χ0) is 19.4. The molecule has 2 saturated heterocycles. The second-order valence-corrected chi connectivity index (χ2v) is 7.94. The third-order valence-corrected chi connectivity index (χ3v) is 5.68. The van der Waals surface area contributed by atoms with E-state index in [2.05, 4.69) is 25.4 Å². The number of likely N-dealkylation sites (tertiary alicyclic amines) is 1. The minimum absolute atomic E-state index is 0. The van der Waals surface area contributed by atoms with Crippen molar-refractivity contribution in [3.63, 3.8) is 0 Å². The second kappa shape index (κ2) is 9.87. The summed E-state index contributed by atoms with van der Waals surface area (Å²) in [6, 6.07) is 6.78. The van der Waals surface area contributed by atoms with E-state index >= 15 is 0 Å². The van der Waals surface area contributed by atoms with Crippen molar-refractivity contribution < 1.29 is 9.18 Å². The Kier molecular flexibility index (Phi) is 8.06. The van der Waals surface area contributed by atoms with Crippen LogP contribution >= 0.6 is 24.0 Å². The summed E-state index contributed by atoms with van der Waals surface area (Å²) >= 11 is 0. The van der Waals surface area contributed by atoms with Gasteiger partial charge in [-0.15, -0.1) is 24.0 Å². The number of guanidine groups is 1. The maximum absolute atomic E-state index is 13.6. The Morgan fingerprint density at radius 1 is 1.46 bits per heavy atom. The van der Waals surface area contributed by atoms with Gasteiger partial charge in [-0.3, -0.25) is 9.79 Å². The number of aliphatic imine (C=N–C) groups is 1. The molecule has 1 amide bonds. The van der Waals surface area contributed by atoms with Gasteiger partial charge in [0.2, 0.25) is 5.91 Å². The van der Waals surface area contributed by atoms with Gasteiger partial charge in [-0.05, 0) is 44.6 Å². The molecule has 0 radical (unpaired) electrons. The van der Waals surface area contributed by atoms with Crippen LogP contribution in [0.5, 0.6) is 0 Å². The molecule has 1 aromatic carbocycles. The SMILES string of the molecule is CN=C(NCC(c1cccc(F)c1)N(C)C)N1CCCC2(CNC(=O)C2)C1.I. The fourth-order valence-corrected chi connectivity index (χ4v) is 4.26. The maximum Gasteiger partial charge on any atom is 0.220 e. The average Bonchev–Trinajstić information content (AvgIpc) is 2.98. The van der Waals surface area contributed by atoms with Gasteiger partial charge in [-0.25, -0.2) is 4.39 Å². The van der Waals surface area contributed by atoms with Gasteiger partial charge in [-0.2, -0.15) is 0 Å². The molecule has 0 aromatic heterocycles. The Bertz CT molecular complexity index is 714. The van der Waals surface area contributed by atoms with E-state index in [4.69, 9.17) is 0 Å². The summed E-state index contributed by atoms with van der Waals surface area (Å²) in [5, 5.41) is 6.44. The molecule has 0 bridgehead atoms. The monoisotopic (exact) mass is 503 g/mol. The predicted octanol–water partition coefficient (Wildman–Crippen LogP) is 2.22. The molecule has 2 N–H and O–H groups in total. The van der Waals surface area contributed by atoms with E-state index in [1.54, 1.807) is 19.2 Å². The lowest BCUT2D eigenvalue weighted by Gasteiger charge is -2.41. The highest BCUT2D eigenvalue weighted by molar-refractivity contribution is 14.0. The molecule has 28 heavy (non-hydrogen) atoms. The standard InChI is InChI=1S/C20H30FN5O.HI/c1-22-19(26-9-5-8-20(14-26)11-18(27)24-13-20)23-12-17(25(2)3)15-6-4-7-16(21)10-15;/h4,6-7,10,17H,5,8-9,11-14H2,1-3H3,(H,22,23)(H,24,27);1H. The molecule has 2 heterocycles. The second-order valence-electron chi connectivity index (χ2n) is 7.94. The van der Waals surface area contributed by atoms with E-state index in [0.717, 1.165) is 44.0 Å². The van der Waals surface area contributed by atoms with Crippen molar-refractivity contribution in [3.8, 4) is 0 Å². The third kappa shape index (κ3) is 5.34. The first-order chi connectivity index (χ1) is 12.9. The first kappa shape index (κ1) is 22.9. The molecule has 3 rings (SSSR count). The minimum Gasteiger partial charge on any atom is -0.355 e. The summed E-state index contributed by atoms with van der Waals surface area (Å²) in [5.41, 5.74) is 0.958. The number of rotatable bonds is 4. The Morgan fingerprint density at radius 3 is 2.86 bits per heavy atom. The summed E-state index contributed by atoms with van der Waals surface area (Å²) in [5.74, 6) is 0.773. The van der Waals surface area contributed by atoms with Crippen molar-refractivity contribution in [2.45, 2.75) is 25.3 Å². The molecule has 156 valence electrons. The number of nitrogens with one attached hydrogen (secondary N) is 2. The molecular weight excluding hydrogens is 472 g/mol. The molecule has 1 aromatic rings. The van der Waals surface area contributed by atoms with Gasteiger partial charge < -0.3 is 20.4 Å². The van der Waals surface area contributed by atoms with E-state index in [9.17, 15) is 9.18 Å². The summed E-state index contributed by atoms with van der Waals surface area (Å²) in [6.07, 6.45) is 2.73. The number of hydrogen-bond acceptors (Lipinski definition) is 3. The quantitative estimate of drug-likeness (QED) is 0.376. The molecule has 0 aliphatic carbocycles. The average molecular weight is 503 g/mol. The molecule has 2 aliphatic rings. The third-order valence-electron chi connectivity index (χ3n) is 5.68. The zero-order valence-electron chi connectivity index (χ0n) is 16.9.